The second-order valence-electron chi connectivity index (χ2n) is 4.69. The number of halogens is 2. The molecule has 0 atom stereocenters. The largest absolute Gasteiger partial charge is 0.506 e. The zero-order chi connectivity index (χ0) is 15.9. The van der Waals surface area contributed by atoms with Gasteiger partial charge in [0.15, 0.2) is 0 Å². The third-order valence-electron chi connectivity index (χ3n) is 3.31. The SMILES string of the molecule is N#Cc1cccc2c1NC(=O)/C2=C/c1cc(I)c(O)c(I)c1. The molecule has 1 amide bonds. The van der Waals surface area contributed by atoms with Crippen molar-refractivity contribution in [2.75, 3.05) is 5.32 Å². The quantitative estimate of drug-likeness (QED) is 0.448. The molecule has 0 spiro atoms. The Bertz CT molecular complexity index is 859. The van der Waals surface area contributed by atoms with Crippen LogP contribution >= 0.6 is 45.2 Å². The molecule has 1 heterocycles. The van der Waals surface area contributed by atoms with Crippen LogP contribution in [0, 0.1) is 18.5 Å². The number of carbonyl (C=O) groups is 1. The molecule has 0 fully saturated rings. The average molecular weight is 514 g/mol. The van der Waals surface area contributed by atoms with Gasteiger partial charge in [-0.25, -0.2) is 0 Å². The first kappa shape index (κ1) is 15.3. The van der Waals surface area contributed by atoms with Gasteiger partial charge >= 0.3 is 0 Å². The number of anilines is 1. The number of phenols is 1. The van der Waals surface area contributed by atoms with Crippen LogP contribution in [0.3, 0.4) is 0 Å². The summed E-state index contributed by atoms with van der Waals surface area (Å²) in [6, 6.07) is 11.0. The molecule has 0 radical (unpaired) electrons. The first-order valence-electron chi connectivity index (χ1n) is 6.26. The Morgan fingerprint density at radius 3 is 2.55 bits per heavy atom. The van der Waals surface area contributed by atoms with E-state index in [1.165, 1.54) is 0 Å². The van der Waals surface area contributed by atoms with Crippen LogP contribution in [0.1, 0.15) is 16.7 Å². The Hall–Kier alpha value is -1.60. The summed E-state index contributed by atoms with van der Waals surface area (Å²) in [6.45, 7) is 0. The number of hydrogen-bond acceptors (Lipinski definition) is 3. The van der Waals surface area contributed by atoms with E-state index in [4.69, 9.17) is 5.26 Å². The minimum atomic E-state index is -0.226. The van der Waals surface area contributed by atoms with Gasteiger partial charge in [0, 0.05) is 11.1 Å². The van der Waals surface area contributed by atoms with Gasteiger partial charge in [-0.2, -0.15) is 5.26 Å². The number of para-hydroxylation sites is 1. The van der Waals surface area contributed by atoms with Crippen molar-refractivity contribution >= 4 is 68.4 Å². The number of rotatable bonds is 1. The van der Waals surface area contributed by atoms with E-state index in [1.807, 2.05) is 18.2 Å². The van der Waals surface area contributed by atoms with Crippen LogP contribution in [0.25, 0.3) is 11.6 Å². The van der Waals surface area contributed by atoms with E-state index in [9.17, 15) is 9.90 Å². The van der Waals surface area contributed by atoms with E-state index in [1.54, 1.807) is 18.2 Å². The highest BCUT2D eigenvalue weighted by molar-refractivity contribution is 14.1. The van der Waals surface area contributed by atoms with Crippen molar-refractivity contribution in [2.45, 2.75) is 0 Å². The molecular weight excluding hydrogens is 506 g/mol. The molecule has 22 heavy (non-hydrogen) atoms. The number of amides is 1. The van der Waals surface area contributed by atoms with Crippen molar-refractivity contribution in [3.8, 4) is 11.8 Å². The third kappa shape index (κ3) is 2.59. The molecule has 1 aliphatic rings. The predicted molar refractivity (Wildman–Crippen MR) is 101 cm³/mol. The molecule has 0 saturated heterocycles. The molecular formula is C16H8I2N2O2. The van der Waals surface area contributed by atoms with Gasteiger partial charge in [0.05, 0.1) is 18.4 Å². The molecule has 1 aliphatic heterocycles. The molecule has 0 saturated carbocycles. The lowest BCUT2D eigenvalue weighted by atomic mass is 10.0. The van der Waals surface area contributed by atoms with Gasteiger partial charge in [-0.1, -0.05) is 12.1 Å². The number of nitriles is 1. The number of carbonyl (C=O) groups excluding carboxylic acids is 1. The Kier molecular flexibility index (Phi) is 4.10. The molecule has 2 N–H and O–H groups in total. The fraction of sp³-hybridized carbons (Fsp3) is 0. The van der Waals surface area contributed by atoms with Gasteiger partial charge in [-0.15, -0.1) is 0 Å². The number of nitrogens with zero attached hydrogens (tertiary/aromatic N) is 1. The summed E-state index contributed by atoms with van der Waals surface area (Å²) in [5.74, 6) is 0.0159. The third-order valence-corrected chi connectivity index (χ3v) is 4.95. The maximum Gasteiger partial charge on any atom is 0.256 e. The highest BCUT2D eigenvalue weighted by Crippen LogP contribution is 2.36. The van der Waals surface area contributed by atoms with Crippen LogP contribution in [-0.4, -0.2) is 11.0 Å². The van der Waals surface area contributed by atoms with Gasteiger partial charge in [0.1, 0.15) is 11.8 Å². The van der Waals surface area contributed by atoms with Crippen LogP contribution in [-0.2, 0) is 4.79 Å². The van der Waals surface area contributed by atoms with E-state index in [0.29, 0.717) is 16.8 Å². The Morgan fingerprint density at radius 1 is 1.23 bits per heavy atom. The fourth-order valence-electron chi connectivity index (χ4n) is 2.29. The van der Waals surface area contributed by atoms with E-state index in [0.717, 1.165) is 18.3 Å². The van der Waals surface area contributed by atoms with E-state index in [-0.39, 0.29) is 11.7 Å². The van der Waals surface area contributed by atoms with Crippen molar-refractivity contribution in [1.29, 1.82) is 5.26 Å². The van der Waals surface area contributed by atoms with Crippen LogP contribution < -0.4 is 5.32 Å². The minimum Gasteiger partial charge on any atom is -0.506 e. The molecule has 108 valence electrons. The highest BCUT2D eigenvalue weighted by atomic mass is 127. The zero-order valence-electron chi connectivity index (χ0n) is 11.0. The summed E-state index contributed by atoms with van der Waals surface area (Å²) in [6.07, 6.45) is 1.77. The second-order valence-corrected chi connectivity index (χ2v) is 7.01. The minimum absolute atomic E-state index is 0.226. The van der Waals surface area contributed by atoms with E-state index >= 15 is 0 Å². The standard InChI is InChI=1S/C16H8I2N2O2/c17-12-5-8(6-13(18)15(12)21)4-11-10-3-1-2-9(7-19)14(10)20-16(11)22/h1-6,21H,(H,20,22)/b11-4+. The fourth-order valence-corrected chi connectivity index (χ4v) is 4.10. The summed E-state index contributed by atoms with van der Waals surface area (Å²) < 4.78 is 1.45. The van der Waals surface area contributed by atoms with Crippen molar-refractivity contribution in [3.63, 3.8) is 0 Å². The number of benzene rings is 2. The summed E-state index contributed by atoms with van der Waals surface area (Å²) in [7, 11) is 0. The maximum atomic E-state index is 12.2. The number of phenolic OH excluding ortho intramolecular Hbond substituents is 1. The lowest BCUT2D eigenvalue weighted by Gasteiger charge is -2.04. The molecule has 0 bridgehead atoms. The summed E-state index contributed by atoms with van der Waals surface area (Å²) in [5.41, 5.74) is 3.08. The van der Waals surface area contributed by atoms with Gasteiger partial charge in [0.25, 0.3) is 5.91 Å². The van der Waals surface area contributed by atoms with Gasteiger partial charge < -0.3 is 10.4 Å². The van der Waals surface area contributed by atoms with Crippen LogP contribution in [0.4, 0.5) is 5.69 Å². The maximum absolute atomic E-state index is 12.2. The molecule has 0 unspecified atom stereocenters. The first-order valence-corrected chi connectivity index (χ1v) is 8.41. The number of fused-ring (bicyclic) bond motifs is 1. The second kappa shape index (κ2) is 5.89. The number of hydrogen-bond donors (Lipinski definition) is 2. The normalized spacial score (nSPS) is 14.6. The molecule has 3 rings (SSSR count). The monoisotopic (exact) mass is 514 g/mol. The number of nitrogens with one attached hydrogen (secondary N) is 1. The van der Waals surface area contributed by atoms with Crippen LogP contribution in [0.15, 0.2) is 30.3 Å². The van der Waals surface area contributed by atoms with E-state index < -0.39 is 0 Å². The van der Waals surface area contributed by atoms with Gasteiger partial charge in [-0.3, -0.25) is 4.79 Å². The van der Waals surface area contributed by atoms with Crippen molar-refractivity contribution in [1.82, 2.24) is 0 Å². The predicted octanol–water partition coefficient (Wildman–Crippen LogP) is 3.97. The van der Waals surface area contributed by atoms with Crippen LogP contribution in [0.2, 0.25) is 0 Å². The van der Waals surface area contributed by atoms with Crippen molar-refractivity contribution < 1.29 is 9.90 Å². The molecule has 4 nitrogen and oxygen atoms in total. The topological polar surface area (TPSA) is 73.1 Å². The Morgan fingerprint density at radius 2 is 1.91 bits per heavy atom. The molecule has 6 heteroatoms. The zero-order valence-corrected chi connectivity index (χ0v) is 15.3. The van der Waals surface area contributed by atoms with Gasteiger partial charge in [0.2, 0.25) is 0 Å². The van der Waals surface area contributed by atoms with E-state index in [2.05, 4.69) is 56.6 Å². The molecule has 0 aromatic heterocycles. The lowest BCUT2D eigenvalue weighted by Crippen LogP contribution is -2.04. The van der Waals surface area contributed by atoms with Gasteiger partial charge in [-0.05, 0) is 75.0 Å². The van der Waals surface area contributed by atoms with Crippen molar-refractivity contribution in [2.24, 2.45) is 0 Å². The molecule has 0 aliphatic carbocycles. The smallest absolute Gasteiger partial charge is 0.256 e. The summed E-state index contributed by atoms with van der Waals surface area (Å²) in [5, 5.41) is 21.7. The van der Waals surface area contributed by atoms with Crippen molar-refractivity contribution in [3.05, 3.63) is 54.2 Å². The Labute approximate surface area is 154 Å². The van der Waals surface area contributed by atoms with Crippen LogP contribution in [0.5, 0.6) is 5.75 Å². The Balaban J connectivity index is 2.15. The first-order chi connectivity index (χ1) is 10.5. The summed E-state index contributed by atoms with van der Waals surface area (Å²) in [4.78, 5) is 12.2. The summed E-state index contributed by atoms with van der Waals surface area (Å²) >= 11 is 4.10. The lowest BCUT2D eigenvalue weighted by molar-refractivity contribution is -0.110. The average Bonchev–Trinajstić information content (AvgIpc) is 2.81. The molecule has 2 aromatic carbocycles. The highest BCUT2D eigenvalue weighted by Gasteiger charge is 2.26. The molecule has 2 aromatic rings. The number of aromatic hydroxyl groups is 1.